The summed E-state index contributed by atoms with van der Waals surface area (Å²) in [5, 5.41) is 0. The van der Waals surface area contributed by atoms with Gasteiger partial charge in [-0.3, -0.25) is 0 Å². The van der Waals surface area contributed by atoms with Crippen LogP contribution >= 0.6 is 0 Å². The first-order valence-corrected chi connectivity index (χ1v) is 11.5. The van der Waals surface area contributed by atoms with E-state index in [4.69, 9.17) is 9.53 Å². The van der Waals surface area contributed by atoms with Crippen LogP contribution in [0.15, 0.2) is 84.6 Å². The summed E-state index contributed by atoms with van der Waals surface area (Å²) in [6.07, 6.45) is 9.23. The standard InChI is InChI=1S/C24H38O.C3H6.C2H6.CH2O/c1-11-18(4)24(16-25-10)15-22(8)23(9)21(7)14-20(6)19(5)13-12-17(2)3;1-3-2;2*1-2/h14-15,17,19H,4,6,8-9,11-13,16H2,1-3,5,7,10H3;3H,1H2,2H3;1-2H3;1H2/b21-14-,24-15-;;;. The molecule has 2 nitrogen and oxygen atoms in total. The Balaban J connectivity index is -0.000000499. The molecule has 1 atom stereocenters. The normalized spacial score (nSPS) is 11.4. The minimum absolute atomic E-state index is 0.484. The quantitative estimate of drug-likeness (QED) is 0.221. The molecule has 0 heterocycles. The summed E-state index contributed by atoms with van der Waals surface area (Å²) in [4.78, 5) is 8.00. The Morgan fingerprint density at radius 2 is 1.44 bits per heavy atom. The molecule has 2 heteroatoms. The summed E-state index contributed by atoms with van der Waals surface area (Å²) in [7, 11) is 1.70. The van der Waals surface area contributed by atoms with E-state index < -0.39 is 0 Å². The second kappa shape index (κ2) is 25.1. The second-order valence-electron chi connectivity index (χ2n) is 7.75. The summed E-state index contributed by atoms with van der Waals surface area (Å²) in [6, 6.07) is 0. The molecule has 0 aliphatic heterocycles. The SMILES string of the molecule is C=C(/C=C(/COC)C(=C)CC)C(=C)/C(C)=C\C(=C)C(C)CCC(C)C.C=CC.C=O.CC. The third-order valence-corrected chi connectivity index (χ3v) is 4.60. The second-order valence-corrected chi connectivity index (χ2v) is 7.75. The van der Waals surface area contributed by atoms with Crippen molar-refractivity contribution in [2.75, 3.05) is 13.7 Å². The molecule has 0 aliphatic carbocycles. The molecule has 1 unspecified atom stereocenters. The molecular weight excluding hydrogens is 392 g/mol. The lowest BCUT2D eigenvalue weighted by molar-refractivity contribution is -0.0979. The van der Waals surface area contributed by atoms with Crippen LogP contribution in [0.5, 0.6) is 0 Å². The van der Waals surface area contributed by atoms with E-state index in [0.29, 0.717) is 12.5 Å². The summed E-state index contributed by atoms with van der Waals surface area (Å²) < 4.78 is 5.28. The van der Waals surface area contributed by atoms with Gasteiger partial charge in [0.2, 0.25) is 0 Å². The topological polar surface area (TPSA) is 26.3 Å². The van der Waals surface area contributed by atoms with Crippen LogP contribution in [0.4, 0.5) is 0 Å². The van der Waals surface area contributed by atoms with Gasteiger partial charge in [0.05, 0.1) is 6.61 Å². The summed E-state index contributed by atoms with van der Waals surface area (Å²) in [5.41, 5.74) is 6.26. The van der Waals surface area contributed by atoms with E-state index in [1.807, 2.05) is 33.6 Å². The van der Waals surface area contributed by atoms with Gasteiger partial charge in [-0.2, -0.15) is 0 Å². The van der Waals surface area contributed by atoms with Crippen molar-refractivity contribution < 1.29 is 9.53 Å². The first kappa shape index (κ1) is 37.1. The molecule has 32 heavy (non-hydrogen) atoms. The minimum Gasteiger partial charge on any atom is -0.380 e. The monoisotopic (exact) mass is 444 g/mol. The van der Waals surface area contributed by atoms with Crippen LogP contribution in [0.1, 0.15) is 74.7 Å². The first-order valence-electron chi connectivity index (χ1n) is 11.5. The molecule has 0 N–H and O–H groups in total. The Kier molecular flexibility index (Phi) is 29.1. The first-order chi connectivity index (χ1) is 15.0. The van der Waals surface area contributed by atoms with Gasteiger partial charge in [-0.15, -0.1) is 6.58 Å². The Labute approximate surface area is 201 Å². The largest absolute Gasteiger partial charge is 0.380 e. The molecule has 0 fully saturated rings. The van der Waals surface area contributed by atoms with E-state index in [9.17, 15) is 0 Å². The molecule has 0 bridgehead atoms. The van der Waals surface area contributed by atoms with Crippen molar-refractivity contribution in [3.05, 3.63) is 84.6 Å². The van der Waals surface area contributed by atoms with Gasteiger partial charge in [0.1, 0.15) is 6.79 Å². The molecule has 0 spiro atoms. The Morgan fingerprint density at radius 3 is 1.81 bits per heavy atom. The fraction of sp³-hybridized carbons (Fsp3) is 0.500. The number of methoxy groups -OCH3 is 1. The maximum Gasteiger partial charge on any atom is 0.106 e. The summed E-state index contributed by atoms with van der Waals surface area (Å²) in [6.45, 7) is 39.5. The molecule has 0 amide bonds. The zero-order chi connectivity index (χ0) is 26.3. The van der Waals surface area contributed by atoms with Crippen LogP contribution in [0.25, 0.3) is 0 Å². The lowest BCUT2D eigenvalue weighted by atomic mass is 9.90. The lowest BCUT2D eigenvalue weighted by Gasteiger charge is -2.16. The number of rotatable bonds is 12. The smallest absolute Gasteiger partial charge is 0.106 e. The van der Waals surface area contributed by atoms with Crippen molar-refractivity contribution in [3.63, 3.8) is 0 Å². The van der Waals surface area contributed by atoms with Crippen molar-refractivity contribution in [1.29, 1.82) is 0 Å². The zero-order valence-corrected chi connectivity index (χ0v) is 22.8. The van der Waals surface area contributed by atoms with Crippen LogP contribution in [0.3, 0.4) is 0 Å². The fourth-order valence-corrected chi connectivity index (χ4v) is 2.46. The highest BCUT2D eigenvalue weighted by molar-refractivity contribution is 5.52. The third-order valence-electron chi connectivity index (χ3n) is 4.60. The number of ether oxygens (including phenoxy) is 1. The Hall–Kier alpha value is -2.19. The maximum absolute atomic E-state index is 8.00. The molecule has 0 radical (unpaired) electrons. The van der Waals surface area contributed by atoms with E-state index in [0.717, 1.165) is 45.8 Å². The van der Waals surface area contributed by atoms with Gasteiger partial charge < -0.3 is 9.53 Å². The predicted octanol–water partition coefficient (Wildman–Crippen LogP) is 9.25. The molecule has 184 valence electrons. The van der Waals surface area contributed by atoms with Crippen LogP contribution in [-0.4, -0.2) is 20.5 Å². The summed E-state index contributed by atoms with van der Waals surface area (Å²) >= 11 is 0. The lowest BCUT2D eigenvalue weighted by Crippen LogP contribution is -2.01. The maximum atomic E-state index is 8.00. The molecule has 0 saturated carbocycles. The number of allylic oxidation sites excluding steroid dienone is 7. The van der Waals surface area contributed by atoms with E-state index in [1.165, 1.54) is 12.8 Å². The van der Waals surface area contributed by atoms with Crippen LogP contribution in [-0.2, 0) is 9.53 Å². The van der Waals surface area contributed by atoms with E-state index in [1.54, 1.807) is 13.2 Å². The van der Waals surface area contributed by atoms with Crippen molar-refractivity contribution in [1.82, 2.24) is 0 Å². The average molecular weight is 445 g/mol. The van der Waals surface area contributed by atoms with Crippen molar-refractivity contribution in [3.8, 4) is 0 Å². The van der Waals surface area contributed by atoms with Crippen LogP contribution < -0.4 is 0 Å². The number of carbonyl (C=O) groups is 1. The van der Waals surface area contributed by atoms with Gasteiger partial charge in [0.15, 0.2) is 0 Å². The molecule has 0 rings (SSSR count). The number of hydrogen-bond donors (Lipinski definition) is 0. The van der Waals surface area contributed by atoms with Gasteiger partial charge in [-0.1, -0.05) is 92.0 Å². The Morgan fingerprint density at radius 1 is 0.969 bits per heavy atom. The van der Waals surface area contributed by atoms with Crippen molar-refractivity contribution in [2.45, 2.75) is 74.7 Å². The Bertz CT molecular complexity index is 615. The van der Waals surface area contributed by atoms with Gasteiger partial charge >= 0.3 is 0 Å². The van der Waals surface area contributed by atoms with Gasteiger partial charge in [0.25, 0.3) is 0 Å². The predicted molar refractivity (Wildman–Crippen MR) is 148 cm³/mol. The molecule has 0 aromatic heterocycles. The average Bonchev–Trinajstić information content (AvgIpc) is 2.78. The highest BCUT2D eigenvalue weighted by Gasteiger charge is 2.09. The minimum atomic E-state index is 0.484. The van der Waals surface area contributed by atoms with Crippen LogP contribution in [0.2, 0.25) is 0 Å². The number of carbonyl (C=O) groups excluding carboxylic acids is 1. The summed E-state index contributed by atoms with van der Waals surface area (Å²) in [5.74, 6) is 1.21. The van der Waals surface area contributed by atoms with Gasteiger partial charge in [0, 0.05) is 7.11 Å². The molecule has 0 aliphatic rings. The third kappa shape index (κ3) is 19.8. The highest BCUT2D eigenvalue weighted by atomic mass is 16.5. The van der Waals surface area contributed by atoms with Gasteiger partial charge in [-0.05, 0) is 72.5 Å². The molecule has 0 aromatic carbocycles. The van der Waals surface area contributed by atoms with Gasteiger partial charge in [-0.25, -0.2) is 0 Å². The molecule has 0 aromatic rings. The molecular formula is C30H52O2. The van der Waals surface area contributed by atoms with E-state index >= 15 is 0 Å². The van der Waals surface area contributed by atoms with Crippen molar-refractivity contribution in [2.24, 2.45) is 11.8 Å². The molecule has 0 saturated heterocycles. The van der Waals surface area contributed by atoms with Crippen LogP contribution in [0, 0.1) is 11.8 Å². The number of hydrogen-bond acceptors (Lipinski definition) is 2. The van der Waals surface area contributed by atoms with E-state index in [2.05, 4.69) is 73.6 Å². The van der Waals surface area contributed by atoms with Crippen molar-refractivity contribution >= 4 is 6.79 Å². The highest BCUT2D eigenvalue weighted by Crippen LogP contribution is 2.25. The fourth-order valence-electron chi connectivity index (χ4n) is 2.46. The van der Waals surface area contributed by atoms with E-state index in [-0.39, 0.29) is 0 Å². The zero-order valence-electron chi connectivity index (χ0n) is 22.8.